The van der Waals surface area contributed by atoms with Crippen LogP contribution in [0.4, 0.5) is 0 Å². The van der Waals surface area contributed by atoms with Crippen molar-refractivity contribution in [2.75, 3.05) is 19.5 Å². The molecule has 3 aromatic rings. The van der Waals surface area contributed by atoms with E-state index in [0.717, 1.165) is 21.8 Å². The number of imidazole rings is 1. The smallest absolute Gasteiger partial charge is 0.230 e. The van der Waals surface area contributed by atoms with E-state index in [1.165, 1.54) is 11.8 Å². The molecule has 0 aliphatic carbocycles. The molecule has 0 aliphatic heterocycles. The normalized spacial score (nSPS) is 12.3. The first-order valence-corrected chi connectivity index (χ1v) is 10.5. The fraction of sp³-hybridized carbons (Fsp3) is 0.300. The Kier molecular flexibility index (Phi) is 7.24. The van der Waals surface area contributed by atoms with Crippen molar-refractivity contribution in [3.63, 3.8) is 0 Å². The molecule has 5 nitrogen and oxygen atoms in total. The molecule has 1 heterocycles. The highest BCUT2D eigenvalue weighted by atomic mass is 35.5. The monoisotopic (exact) mass is 437 g/mol. The first-order chi connectivity index (χ1) is 13.5. The first-order valence-electron chi connectivity index (χ1n) is 8.81. The average molecular weight is 438 g/mol. The zero-order valence-electron chi connectivity index (χ0n) is 15.6. The number of methoxy groups -OCH3 is 1. The van der Waals surface area contributed by atoms with E-state index < -0.39 is 0 Å². The third-order valence-electron chi connectivity index (χ3n) is 4.28. The maximum atomic E-state index is 12.5. The summed E-state index contributed by atoms with van der Waals surface area (Å²) in [4.78, 5) is 17.1. The van der Waals surface area contributed by atoms with Gasteiger partial charge in [0.05, 0.1) is 29.4 Å². The number of halogens is 2. The van der Waals surface area contributed by atoms with Gasteiger partial charge in [0.25, 0.3) is 0 Å². The van der Waals surface area contributed by atoms with E-state index in [1.54, 1.807) is 19.2 Å². The molecule has 28 heavy (non-hydrogen) atoms. The molecule has 1 unspecified atom stereocenters. The molecule has 0 saturated heterocycles. The highest BCUT2D eigenvalue weighted by molar-refractivity contribution is 7.99. The lowest BCUT2D eigenvalue weighted by atomic mass is 10.1. The number of thioether (sulfide) groups is 1. The van der Waals surface area contributed by atoms with E-state index in [-0.39, 0.29) is 17.7 Å². The van der Waals surface area contributed by atoms with Gasteiger partial charge >= 0.3 is 0 Å². The Morgan fingerprint density at radius 2 is 2.07 bits per heavy atom. The summed E-state index contributed by atoms with van der Waals surface area (Å²) >= 11 is 13.6. The van der Waals surface area contributed by atoms with Crippen molar-refractivity contribution in [3.05, 3.63) is 58.1 Å². The first kappa shape index (κ1) is 21.0. The van der Waals surface area contributed by atoms with Crippen LogP contribution in [0.5, 0.6) is 0 Å². The van der Waals surface area contributed by atoms with Crippen molar-refractivity contribution in [1.82, 2.24) is 14.9 Å². The van der Waals surface area contributed by atoms with E-state index in [2.05, 4.69) is 14.9 Å². The lowest BCUT2D eigenvalue weighted by molar-refractivity contribution is -0.119. The van der Waals surface area contributed by atoms with Gasteiger partial charge in [-0.2, -0.15) is 0 Å². The van der Waals surface area contributed by atoms with Crippen LogP contribution in [0.1, 0.15) is 18.5 Å². The zero-order valence-corrected chi connectivity index (χ0v) is 17.9. The summed E-state index contributed by atoms with van der Waals surface area (Å²) in [5.41, 5.74) is 2.77. The summed E-state index contributed by atoms with van der Waals surface area (Å²) in [6.07, 6.45) is 0. The predicted octanol–water partition coefficient (Wildman–Crippen LogP) is 4.96. The minimum Gasteiger partial charge on any atom is -0.383 e. The van der Waals surface area contributed by atoms with Gasteiger partial charge in [-0.05, 0) is 36.8 Å². The number of aromatic nitrogens is 2. The Hall–Kier alpha value is -1.73. The predicted molar refractivity (Wildman–Crippen MR) is 115 cm³/mol. The van der Waals surface area contributed by atoms with Crippen LogP contribution in [0.15, 0.2) is 47.6 Å². The molecule has 1 N–H and O–H groups in total. The molecule has 1 aromatic heterocycles. The van der Waals surface area contributed by atoms with Crippen molar-refractivity contribution in [3.8, 4) is 0 Å². The van der Waals surface area contributed by atoms with Crippen LogP contribution in [0.2, 0.25) is 10.0 Å². The third kappa shape index (κ3) is 5.00. The Morgan fingerprint density at radius 1 is 1.29 bits per heavy atom. The highest BCUT2D eigenvalue weighted by Crippen LogP contribution is 2.27. The fourth-order valence-electron chi connectivity index (χ4n) is 2.91. The third-order valence-corrected chi connectivity index (χ3v) is 5.82. The molecule has 148 valence electrons. The number of carbonyl (C=O) groups is 1. The van der Waals surface area contributed by atoms with Crippen LogP contribution in [0, 0.1) is 0 Å². The van der Waals surface area contributed by atoms with Gasteiger partial charge in [0.15, 0.2) is 5.16 Å². The summed E-state index contributed by atoms with van der Waals surface area (Å²) in [6, 6.07) is 13.0. The van der Waals surface area contributed by atoms with Crippen LogP contribution < -0.4 is 5.32 Å². The highest BCUT2D eigenvalue weighted by Gasteiger charge is 2.16. The van der Waals surface area contributed by atoms with E-state index >= 15 is 0 Å². The lowest BCUT2D eigenvalue weighted by Crippen LogP contribution is -2.28. The van der Waals surface area contributed by atoms with Gasteiger partial charge in [-0.1, -0.05) is 53.2 Å². The molecule has 0 bridgehead atoms. The Labute approximate surface area is 178 Å². The molecule has 0 radical (unpaired) electrons. The molecular formula is C20H21Cl2N3O2S. The molecule has 2 aromatic carbocycles. The van der Waals surface area contributed by atoms with E-state index in [1.807, 2.05) is 37.3 Å². The van der Waals surface area contributed by atoms with Gasteiger partial charge < -0.3 is 14.6 Å². The minimum atomic E-state index is -0.217. The molecule has 0 fully saturated rings. The van der Waals surface area contributed by atoms with Gasteiger partial charge in [0, 0.05) is 23.7 Å². The number of hydrogen-bond donors (Lipinski definition) is 1. The lowest BCUT2D eigenvalue weighted by Gasteiger charge is -2.16. The van der Waals surface area contributed by atoms with Crippen LogP contribution in [-0.2, 0) is 16.1 Å². The van der Waals surface area contributed by atoms with Gasteiger partial charge in [-0.25, -0.2) is 4.98 Å². The maximum absolute atomic E-state index is 12.5. The number of amides is 1. The molecule has 0 saturated carbocycles. The largest absolute Gasteiger partial charge is 0.383 e. The minimum absolute atomic E-state index is 0.0890. The molecule has 0 aliphatic rings. The zero-order chi connectivity index (χ0) is 20.1. The van der Waals surface area contributed by atoms with Gasteiger partial charge in [-0.15, -0.1) is 0 Å². The summed E-state index contributed by atoms with van der Waals surface area (Å²) in [5.74, 6) is 0.167. The fourth-order valence-corrected chi connectivity index (χ4v) is 4.33. The van der Waals surface area contributed by atoms with E-state index in [9.17, 15) is 4.79 Å². The second-order valence-electron chi connectivity index (χ2n) is 6.27. The van der Waals surface area contributed by atoms with Crippen molar-refractivity contribution >= 4 is 51.9 Å². The van der Waals surface area contributed by atoms with Crippen molar-refractivity contribution in [1.29, 1.82) is 0 Å². The van der Waals surface area contributed by atoms with Crippen LogP contribution in [0.3, 0.4) is 0 Å². The molecule has 8 heteroatoms. The molecular weight excluding hydrogens is 417 g/mol. The number of para-hydroxylation sites is 2. The number of nitrogens with one attached hydrogen (secondary N) is 1. The topological polar surface area (TPSA) is 56.1 Å². The number of ether oxygens (including phenoxy) is 1. The average Bonchev–Trinajstić information content (AvgIpc) is 3.02. The van der Waals surface area contributed by atoms with Gasteiger partial charge in [0.2, 0.25) is 5.91 Å². The van der Waals surface area contributed by atoms with Crippen LogP contribution >= 0.6 is 35.0 Å². The van der Waals surface area contributed by atoms with Gasteiger partial charge in [-0.3, -0.25) is 4.79 Å². The van der Waals surface area contributed by atoms with E-state index in [4.69, 9.17) is 27.9 Å². The van der Waals surface area contributed by atoms with Gasteiger partial charge in [0.1, 0.15) is 0 Å². The number of nitrogens with zero attached hydrogens (tertiary/aromatic N) is 2. The molecule has 3 rings (SSSR count). The number of fused-ring (bicyclic) bond motifs is 1. The second-order valence-corrected chi connectivity index (χ2v) is 8.06. The quantitative estimate of drug-likeness (QED) is 0.505. The van der Waals surface area contributed by atoms with Crippen molar-refractivity contribution < 1.29 is 9.53 Å². The number of benzene rings is 2. The second kappa shape index (κ2) is 9.65. The maximum Gasteiger partial charge on any atom is 0.230 e. The molecule has 1 amide bonds. The Balaban J connectivity index is 1.67. The van der Waals surface area contributed by atoms with Crippen LogP contribution in [-0.4, -0.2) is 34.9 Å². The molecule has 1 atom stereocenters. The van der Waals surface area contributed by atoms with Crippen molar-refractivity contribution in [2.45, 2.75) is 24.7 Å². The Morgan fingerprint density at radius 3 is 2.82 bits per heavy atom. The summed E-state index contributed by atoms with van der Waals surface area (Å²) in [6.45, 7) is 3.15. The van der Waals surface area contributed by atoms with E-state index in [0.29, 0.717) is 23.2 Å². The standard InChI is InChI=1S/C20H21Cl2N3O2S/c1-13(15-8-7-14(21)11-16(15)22)23-19(26)12-28-20-24-17-5-3-4-6-18(17)25(20)9-10-27-2/h3-8,11,13H,9-10,12H2,1-2H3,(H,23,26). The number of hydrogen-bond acceptors (Lipinski definition) is 4. The summed E-state index contributed by atoms with van der Waals surface area (Å²) < 4.78 is 7.29. The van der Waals surface area contributed by atoms with Crippen LogP contribution in [0.25, 0.3) is 11.0 Å². The summed E-state index contributed by atoms with van der Waals surface area (Å²) in [7, 11) is 1.67. The number of carbonyl (C=O) groups excluding carboxylic acids is 1. The van der Waals surface area contributed by atoms with Crippen molar-refractivity contribution in [2.24, 2.45) is 0 Å². The Bertz CT molecular complexity index is 977. The number of rotatable bonds is 8. The summed E-state index contributed by atoms with van der Waals surface area (Å²) in [5, 5.41) is 4.87. The SMILES string of the molecule is COCCn1c(SCC(=O)NC(C)c2ccc(Cl)cc2Cl)nc2ccccc21. The molecule has 0 spiro atoms.